The van der Waals surface area contributed by atoms with Crippen LogP contribution in [0.5, 0.6) is 0 Å². The first-order chi connectivity index (χ1) is 6.77. The first kappa shape index (κ1) is 12.5. The average molecular weight is 303 g/mol. The number of rotatable bonds is 2. The summed E-state index contributed by atoms with van der Waals surface area (Å²) in [6.45, 7) is 0. The molecule has 0 aliphatic carbocycles. The summed E-state index contributed by atoms with van der Waals surface area (Å²) >= 11 is 2.76. The molecule has 1 aromatic carbocycles. The molecule has 0 aromatic heterocycles. The lowest BCUT2D eigenvalue weighted by atomic mass is 10.2. The summed E-state index contributed by atoms with van der Waals surface area (Å²) in [6, 6.07) is 3.38. The molecule has 0 bridgehead atoms. The molecular formula is C8H6BrF3O2S. The summed E-state index contributed by atoms with van der Waals surface area (Å²) < 4.78 is 58.6. The number of benzene rings is 1. The van der Waals surface area contributed by atoms with Crippen LogP contribution >= 0.6 is 15.9 Å². The Morgan fingerprint density at radius 2 is 1.60 bits per heavy atom. The minimum absolute atomic E-state index is 0.132. The highest BCUT2D eigenvalue weighted by Crippen LogP contribution is 2.29. The first-order valence-electron chi connectivity index (χ1n) is 3.73. The molecule has 7 heteroatoms. The highest BCUT2D eigenvalue weighted by Gasteiger charge is 2.30. The van der Waals surface area contributed by atoms with Gasteiger partial charge < -0.3 is 0 Å². The highest BCUT2D eigenvalue weighted by molar-refractivity contribution is 9.10. The number of halogens is 4. The maximum Gasteiger partial charge on any atom is 0.416 e. The summed E-state index contributed by atoms with van der Waals surface area (Å²) in [5.74, 6) is 0. The molecule has 0 unspecified atom stereocenters. The number of hydrogen-bond acceptors (Lipinski definition) is 2. The molecule has 0 saturated carbocycles. The molecule has 0 spiro atoms. The number of alkyl halides is 4. The van der Waals surface area contributed by atoms with Gasteiger partial charge in [0.15, 0.2) is 9.84 Å². The van der Waals surface area contributed by atoms with Crippen molar-refractivity contribution >= 4 is 25.8 Å². The summed E-state index contributed by atoms with van der Waals surface area (Å²) in [5.41, 5.74) is -0.865. The molecule has 0 N–H and O–H groups in total. The Hall–Kier alpha value is -0.560. The van der Waals surface area contributed by atoms with Gasteiger partial charge in [-0.05, 0) is 24.3 Å². The quantitative estimate of drug-likeness (QED) is 0.787. The molecule has 2 nitrogen and oxygen atoms in total. The smallest absolute Gasteiger partial charge is 0.223 e. The molecule has 0 heterocycles. The normalized spacial score (nSPS) is 12.8. The van der Waals surface area contributed by atoms with E-state index in [4.69, 9.17) is 0 Å². The lowest BCUT2D eigenvalue weighted by molar-refractivity contribution is -0.137. The van der Waals surface area contributed by atoms with E-state index >= 15 is 0 Å². The molecule has 1 aromatic rings. The van der Waals surface area contributed by atoms with Gasteiger partial charge in [0, 0.05) is 0 Å². The van der Waals surface area contributed by atoms with Gasteiger partial charge in [-0.2, -0.15) is 13.2 Å². The van der Waals surface area contributed by atoms with Gasteiger partial charge in [0.25, 0.3) is 0 Å². The molecule has 0 aliphatic rings. The monoisotopic (exact) mass is 302 g/mol. The second kappa shape index (κ2) is 4.13. The van der Waals surface area contributed by atoms with Crippen LogP contribution in [0, 0.1) is 0 Å². The van der Waals surface area contributed by atoms with Crippen LogP contribution in [0.3, 0.4) is 0 Å². The topological polar surface area (TPSA) is 34.1 Å². The van der Waals surface area contributed by atoms with E-state index in [-0.39, 0.29) is 9.56 Å². The fourth-order valence-corrected chi connectivity index (χ4v) is 2.38. The minimum atomic E-state index is -4.45. The lowest BCUT2D eigenvalue weighted by Crippen LogP contribution is -2.06. The van der Waals surface area contributed by atoms with Gasteiger partial charge in [-0.25, -0.2) is 8.42 Å². The van der Waals surface area contributed by atoms with Gasteiger partial charge in [-0.1, -0.05) is 15.9 Å². The van der Waals surface area contributed by atoms with Gasteiger partial charge in [0.2, 0.25) is 0 Å². The zero-order valence-corrected chi connectivity index (χ0v) is 9.66. The van der Waals surface area contributed by atoms with Crippen LogP contribution in [0.15, 0.2) is 29.2 Å². The van der Waals surface area contributed by atoms with Crippen LogP contribution in [0.1, 0.15) is 5.56 Å². The molecule has 0 saturated heterocycles. The molecule has 0 aliphatic heterocycles. The van der Waals surface area contributed by atoms with Crippen molar-refractivity contribution in [1.82, 2.24) is 0 Å². The minimum Gasteiger partial charge on any atom is -0.223 e. The van der Waals surface area contributed by atoms with Crippen LogP contribution < -0.4 is 0 Å². The van der Waals surface area contributed by atoms with Crippen LogP contribution in [-0.2, 0) is 16.0 Å². The molecular weight excluding hydrogens is 297 g/mol. The van der Waals surface area contributed by atoms with Gasteiger partial charge in [0.1, 0.15) is 4.66 Å². The predicted octanol–water partition coefficient (Wildman–Crippen LogP) is 2.83. The Kier molecular flexibility index (Phi) is 3.44. The fourth-order valence-electron chi connectivity index (χ4n) is 0.914. The van der Waals surface area contributed by atoms with Gasteiger partial charge >= 0.3 is 6.18 Å². The first-order valence-corrected chi connectivity index (χ1v) is 6.51. The summed E-state index contributed by atoms with van der Waals surface area (Å²) in [6.07, 6.45) is -4.45. The van der Waals surface area contributed by atoms with Gasteiger partial charge in [-0.15, -0.1) is 0 Å². The fraction of sp³-hybridized carbons (Fsp3) is 0.250. The SMILES string of the molecule is O=S(=O)(CBr)c1ccc(C(F)(F)F)cc1. The van der Waals surface area contributed by atoms with E-state index in [0.717, 1.165) is 24.3 Å². The van der Waals surface area contributed by atoms with Crippen LogP contribution in [-0.4, -0.2) is 13.1 Å². The van der Waals surface area contributed by atoms with Gasteiger partial charge in [-0.3, -0.25) is 0 Å². The second-order valence-electron chi connectivity index (χ2n) is 2.75. The third-order valence-corrected chi connectivity index (χ3v) is 4.77. The zero-order chi connectivity index (χ0) is 11.7. The Bertz CT molecular complexity index is 436. The van der Waals surface area contributed by atoms with Crippen LogP contribution in [0.4, 0.5) is 13.2 Å². The number of hydrogen-bond donors (Lipinski definition) is 0. The number of sulfone groups is 1. The van der Waals surface area contributed by atoms with Crippen LogP contribution in [0.25, 0.3) is 0 Å². The van der Waals surface area contributed by atoms with E-state index in [1.54, 1.807) is 0 Å². The van der Waals surface area contributed by atoms with Crippen molar-refractivity contribution in [2.24, 2.45) is 0 Å². The maximum absolute atomic E-state index is 12.1. The van der Waals surface area contributed by atoms with E-state index in [1.165, 1.54) is 0 Å². The second-order valence-corrected chi connectivity index (χ2v) is 6.04. The molecule has 84 valence electrons. The summed E-state index contributed by atoms with van der Waals surface area (Å²) in [5, 5.41) is 0. The predicted molar refractivity (Wildman–Crippen MR) is 52.4 cm³/mol. The molecule has 0 atom stereocenters. The lowest BCUT2D eigenvalue weighted by Gasteiger charge is -2.07. The van der Waals surface area contributed by atoms with Crippen LogP contribution in [0.2, 0.25) is 0 Å². The largest absolute Gasteiger partial charge is 0.416 e. The van der Waals surface area contributed by atoms with Crippen molar-refractivity contribution in [3.8, 4) is 0 Å². The molecule has 0 amide bonds. The summed E-state index contributed by atoms with van der Waals surface area (Å²) in [7, 11) is -3.51. The Morgan fingerprint density at radius 1 is 1.13 bits per heavy atom. The Labute approximate surface area is 93.2 Å². The van der Waals surface area contributed by atoms with Crippen molar-refractivity contribution < 1.29 is 21.6 Å². The molecule has 0 radical (unpaired) electrons. The maximum atomic E-state index is 12.1. The van der Waals surface area contributed by atoms with E-state index in [9.17, 15) is 21.6 Å². The average Bonchev–Trinajstić information content (AvgIpc) is 2.17. The summed E-state index contributed by atoms with van der Waals surface area (Å²) in [4.78, 5) is -0.132. The highest BCUT2D eigenvalue weighted by atomic mass is 79.9. The van der Waals surface area contributed by atoms with E-state index in [0.29, 0.717) is 0 Å². The van der Waals surface area contributed by atoms with E-state index in [1.807, 2.05) is 0 Å². The van der Waals surface area contributed by atoms with E-state index < -0.39 is 21.6 Å². The van der Waals surface area contributed by atoms with E-state index in [2.05, 4.69) is 15.9 Å². The zero-order valence-electron chi connectivity index (χ0n) is 7.25. The van der Waals surface area contributed by atoms with Gasteiger partial charge in [0.05, 0.1) is 10.5 Å². The Morgan fingerprint density at radius 3 is 1.93 bits per heavy atom. The van der Waals surface area contributed by atoms with Crippen molar-refractivity contribution in [2.75, 3.05) is 4.66 Å². The van der Waals surface area contributed by atoms with Crippen molar-refractivity contribution in [3.63, 3.8) is 0 Å². The van der Waals surface area contributed by atoms with Crippen molar-refractivity contribution in [1.29, 1.82) is 0 Å². The van der Waals surface area contributed by atoms with Crippen molar-refractivity contribution in [2.45, 2.75) is 11.1 Å². The standard InChI is InChI=1S/C8H6BrF3O2S/c9-5-15(13,14)7-3-1-6(2-4-7)8(10,11)12/h1-4H,5H2. The molecule has 15 heavy (non-hydrogen) atoms. The van der Waals surface area contributed by atoms with Crippen molar-refractivity contribution in [3.05, 3.63) is 29.8 Å². The molecule has 1 rings (SSSR count). The molecule has 0 fully saturated rings. The third-order valence-electron chi connectivity index (χ3n) is 1.68. The Balaban J connectivity index is 3.12. The third kappa shape index (κ3) is 2.94.